The van der Waals surface area contributed by atoms with Crippen molar-refractivity contribution in [3.05, 3.63) is 58.3 Å². The van der Waals surface area contributed by atoms with Crippen LogP contribution in [0.4, 0.5) is 11.4 Å². The van der Waals surface area contributed by atoms with Gasteiger partial charge in [0.15, 0.2) is 0 Å². The van der Waals surface area contributed by atoms with E-state index in [1.807, 2.05) is 0 Å². The Hall–Kier alpha value is -3.16. The molecule has 8 nitrogen and oxygen atoms in total. The van der Waals surface area contributed by atoms with Crippen LogP contribution in [-0.4, -0.2) is 34.7 Å². The zero-order chi connectivity index (χ0) is 17.0. The molecule has 0 aliphatic carbocycles. The molecule has 0 spiro atoms. The number of nitrogens with two attached hydrogens (primary N) is 1. The highest BCUT2D eigenvalue weighted by Crippen LogP contribution is 2.19. The number of benzene rings is 1. The number of nitrogens with zero attached hydrogens (tertiary/aromatic N) is 2. The summed E-state index contributed by atoms with van der Waals surface area (Å²) in [6.07, 6.45) is 3.60. The first kappa shape index (κ1) is 16.2. The number of hydrogen-bond acceptors (Lipinski definition) is 5. The van der Waals surface area contributed by atoms with Crippen molar-refractivity contribution in [3.63, 3.8) is 0 Å². The summed E-state index contributed by atoms with van der Waals surface area (Å²) >= 11 is 0. The Balaban J connectivity index is 1.96. The molecule has 1 heterocycles. The van der Waals surface area contributed by atoms with Gasteiger partial charge in [0, 0.05) is 37.1 Å². The van der Waals surface area contributed by atoms with E-state index in [1.165, 1.54) is 17.0 Å². The smallest absolute Gasteiger partial charge is 0.270 e. The molecular formula is C15H16N4O4. The molecule has 1 aromatic carbocycles. The van der Waals surface area contributed by atoms with Crippen molar-refractivity contribution in [2.24, 2.45) is 0 Å². The predicted molar refractivity (Wildman–Crippen MR) is 84.5 cm³/mol. The van der Waals surface area contributed by atoms with Crippen molar-refractivity contribution in [3.8, 4) is 0 Å². The Kier molecular flexibility index (Phi) is 4.75. The molecule has 0 atom stereocenters. The van der Waals surface area contributed by atoms with Gasteiger partial charge in [-0.25, -0.2) is 0 Å². The molecule has 0 aromatic heterocycles. The number of nitro groups is 1. The summed E-state index contributed by atoms with van der Waals surface area (Å²) in [6, 6.07) is 3.67. The number of carbonyl (C=O) groups is 2. The second-order valence-electron chi connectivity index (χ2n) is 5.02. The number of nitro benzene ring substituents is 1. The molecule has 8 heteroatoms. The molecular weight excluding hydrogens is 300 g/mol. The SMILES string of the molecule is C=C1C=CN(CCNC(=O)c2cc([N+](=O)[O-])ccc2N)C(=O)C1. The summed E-state index contributed by atoms with van der Waals surface area (Å²) < 4.78 is 0. The van der Waals surface area contributed by atoms with Gasteiger partial charge in [-0.3, -0.25) is 19.7 Å². The lowest BCUT2D eigenvalue weighted by Gasteiger charge is -2.22. The van der Waals surface area contributed by atoms with Gasteiger partial charge in [-0.15, -0.1) is 0 Å². The molecule has 2 rings (SSSR count). The molecule has 0 unspecified atom stereocenters. The van der Waals surface area contributed by atoms with Gasteiger partial charge in [0.1, 0.15) is 0 Å². The normalized spacial score (nSPS) is 14.0. The first-order valence-electron chi connectivity index (χ1n) is 6.86. The number of amides is 2. The zero-order valence-electron chi connectivity index (χ0n) is 12.3. The number of allylic oxidation sites excluding steroid dienone is 1. The van der Waals surface area contributed by atoms with Crippen molar-refractivity contribution < 1.29 is 14.5 Å². The van der Waals surface area contributed by atoms with Crippen LogP contribution in [0.25, 0.3) is 0 Å². The minimum Gasteiger partial charge on any atom is -0.398 e. The number of rotatable bonds is 5. The zero-order valence-corrected chi connectivity index (χ0v) is 12.3. The molecule has 3 N–H and O–H groups in total. The van der Waals surface area contributed by atoms with Gasteiger partial charge in [-0.2, -0.15) is 0 Å². The first-order chi connectivity index (χ1) is 10.9. The van der Waals surface area contributed by atoms with Crippen LogP contribution in [0, 0.1) is 10.1 Å². The molecule has 120 valence electrons. The van der Waals surface area contributed by atoms with Crippen LogP contribution in [0.3, 0.4) is 0 Å². The van der Waals surface area contributed by atoms with Crippen molar-refractivity contribution in [1.29, 1.82) is 0 Å². The van der Waals surface area contributed by atoms with Gasteiger partial charge in [0.25, 0.3) is 11.6 Å². The van der Waals surface area contributed by atoms with Crippen LogP contribution < -0.4 is 11.1 Å². The maximum absolute atomic E-state index is 12.1. The van der Waals surface area contributed by atoms with Crippen LogP contribution in [0.5, 0.6) is 0 Å². The summed E-state index contributed by atoms with van der Waals surface area (Å²) in [5.41, 5.74) is 6.38. The van der Waals surface area contributed by atoms with E-state index in [0.29, 0.717) is 6.54 Å². The van der Waals surface area contributed by atoms with E-state index >= 15 is 0 Å². The van der Waals surface area contributed by atoms with E-state index in [2.05, 4.69) is 11.9 Å². The second-order valence-corrected chi connectivity index (χ2v) is 5.02. The summed E-state index contributed by atoms with van der Waals surface area (Å²) in [6.45, 7) is 4.20. The van der Waals surface area contributed by atoms with E-state index in [1.54, 1.807) is 12.3 Å². The molecule has 1 aromatic rings. The quantitative estimate of drug-likeness (QED) is 0.481. The third-order valence-electron chi connectivity index (χ3n) is 3.32. The number of nitrogens with one attached hydrogen (secondary N) is 1. The van der Waals surface area contributed by atoms with E-state index in [0.717, 1.165) is 11.6 Å². The number of hydrogen-bond donors (Lipinski definition) is 2. The lowest BCUT2D eigenvalue weighted by atomic mass is 10.1. The predicted octanol–water partition coefficient (Wildman–Crippen LogP) is 1.21. The van der Waals surface area contributed by atoms with E-state index < -0.39 is 10.8 Å². The fourth-order valence-corrected chi connectivity index (χ4v) is 2.07. The highest BCUT2D eigenvalue weighted by molar-refractivity contribution is 5.99. The van der Waals surface area contributed by atoms with Crippen molar-refractivity contribution >= 4 is 23.2 Å². The van der Waals surface area contributed by atoms with Crippen LogP contribution in [0.1, 0.15) is 16.8 Å². The molecule has 0 fully saturated rings. The second kappa shape index (κ2) is 6.73. The van der Waals surface area contributed by atoms with Crippen LogP contribution >= 0.6 is 0 Å². The minimum atomic E-state index is -0.597. The highest BCUT2D eigenvalue weighted by atomic mass is 16.6. The number of anilines is 1. The first-order valence-corrected chi connectivity index (χ1v) is 6.86. The summed E-state index contributed by atoms with van der Waals surface area (Å²) in [5.74, 6) is -0.620. The molecule has 2 amide bonds. The Morgan fingerprint density at radius 1 is 1.48 bits per heavy atom. The third kappa shape index (κ3) is 3.94. The Bertz CT molecular complexity index is 711. The average Bonchev–Trinajstić information content (AvgIpc) is 2.49. The lowest BCUT2D eigenvalue weighted by Crippen LogP contribution is -2.36. The van der Waals surface area contributed by atoms with Gasteiger partial charge in [0.2, 0.25) is 5.91 Å². The summed E-state index contributed by atoms with van der Waals surface area (Å²) in [5, 5.41) is 13.3. The van der Waals surface area contributed by atoms with Crippen molar-refractivity contribution in [1.82, 2.24) is 10.2 Å². The molecule has 0 radical (unpaired) electrons. The van der Waals surface area contributed by atoms with Gasteiger partial charge < -0.3 is 16.0 Å². The minimum absolute atomic E-state index is 0.0353. The van der Waals surface area contributed by atoms with Gasteiger partial charge in [-0.1, -0.05) is 6.58 Å². The van der Waals surface area contributed by atoms with E-state index in [-0.39, 0.29) is 35.8 Å². The number of carbonyl (C=O) groups excluding carboxylic acids is 2. The van der Waals surface area contributed by atoms with Crippen molar-refractivity contribution in [2.45, 2.75) is 6.42 Å². The van der Waals surface area contributed by atoms with Gasteiger partial charge in [0.05, 0.1) is 16.9 Å². The van der Waals surface area contributed by atoms with Gasteiger partial charge in [-0.05, 0) is 17.7 Å². The standard InChI is InChI=1S/C15H16N4O4/c1-10-4-6-18(14(20)8-10)7-5-17-15(21)12-9-11(19(22)23)2-3-13(12)16/h2-4,6,9H,1,5,7-8,16H2,(H,17,21). The summed E-state index contributed by atoms with van der Waals surface area (Å²) in [4.78, 5) is 35.4. The highest BCUT2D eigenvalue weighted by Gasteiger charge is 2.17. The maximum atomic E-state index is 12.1. The van der Waals surface area contributed by atoms with Crippen LogP contribution in [0.2, 0.25) is 0 Å². The molecule has 0 saturated heterocycles. The molecule has 1 aliphatic heterocycles. The maximum Gasteiger partial charge on any atom is 0.270 e. The number of non-ortho nitro benzene ring substituents is 1. The Morgan fingerprint density at radius 2 is 2.22 bits per heavy atom. The fourth-order valence-electron chi connectivity index (χ4n) is 2.07. The average molecular weight is 316 g/mol. The summed E-state index contributed by atoms with van der Waals surface area (Å²) in [7, 11) is 0. The van der Waals surface area contributed by atoms with Crippen LogP contribution in [0.15, 0.2) is 42.6 Å². The monoisotopic (exact) mass is 316 g/mol. The fraction of sp³-hybridized carbons (Fsp3) is 0.200. The molecule has 0 bridgehead atoms. The third-order valence-corrected chi connectivity index (χ3v) is 3.32. The number of nitrogen functional groups attached to an aromatic ring is 1. The van der Waals surface area contributed by atoms with Crippen molar-refractivity contribution in [2.75, 3.05) is 18.8 Å². The van der Waals surface area contributed by atoms with E-state index in [4.69, 9.17) is 5.73 Å². The molecule has 0 saturated carbocycles. The van der Waals surface area contributed by atoms with Crippen LogP contribution in [-0.2, 0) is 4.79 Å². The lowest BCUT2D eigenvalue weighted by molar-refractivity contribution is -0.384. The largest absolute Gasteiger partial charge is 0.398 e. The van der Waals surface area contributed by atoms with E-state index in [9.17, 15) is 19.7 Å². The molecule has 1 aliphatic rings. The topological polar surface area (TPSA) is 119 Å². The Morgan fingerprint density at radius 3 is 2.87 bits per heavy atom. The molecule has 23 heavy (non-hydrogen) atoms. The Labute approximate surface area is 132 Å². The van der Waals surface area contributed by atoms with Gasteiger partial charge >= 0.3 is 0 Å².